The highest BCUT2D eigenvalue weighted by molar-refractivity contribution is 7.99. The molecule has 1 rings (SSSR count). The van der Waals surface area contributed by atoms with Gasteiger partial charge in [0, 0.05) is 6.54 Å². The third kappa shape index (κ3) is 7.18. The molecule has 116 valence electrons. The molecule has 1 amide bonds. The average molecular weight is 309 g/mol. The maximum absolute atomic E-state index is 12.1. The van der Waals surface area contributed by atoms with Gasteiger partial charge >= 0.3 is 5.97 Å². The first-order chi connectivity index (χ1) is 10.2. The van der Waals surface area contributed by atoms with Crippen LogP contribution in [0.3, 0.4) is 0 Å². The molecule has 0 saturated heterocycles. The summed E-state index contributed by atoms with van der Waals surface area (Å²) in [5, 5.41) is 0. The van der Waals surface area contributed by atoms with Gasteiger partial charge in [-0.3, -0.25) is 9.59 Å². The molecule has 21 heavy (non-hydrogen) atoms. The van der Waals surface area contributed by atoms with E-state index in [1.54, 1.807) is 16.7 Å². The second-order valence-electron chi connectivity index (χ2n) is 4.68. The number of hydrogen-bond acceptors (Lipinski definition) is 4. The fraction of sp³-hybridized carbons (Fsp3) is 0.500. The number of amides is 1. The molecular formula is C16H23NO3S. The van der Waals surface area contributed by atoms with Gasteiger partial charge in [0.15, 0.2) is 0 Å². The zero-order chi connectivity index (χ0) is 15.5. The number of methoxy groups -OCH3 is 1. The normalized spacial score (nSPS) is 10.2. The molecular weight excluding hydrogens is 286 g/mol. The molecule has 0 radical (unpaired) electrons. The molecule has 1 aromatic rings. The van der Waals surface area contributed by atoms with Gasteiger partial charge in [0.25, 0.3) is 0 Å². The van der Waals surface area contributed by atoms with Crippen molar-refractivity contribution >= 4 is 23.6 Å². The van der Waals surface area contributed by atoms with Crippen molar-refractivity contribution in [2.24, 2.45) is 0 Å². The second-order valence-corrected chi connectivity index (χ2v) is 5.78. The lowest BCUT2D eigenvalue weighted by molar-refractivity contribution is -0.146. The van der Waals surface area contributed by atoms with Crippen molar-refractivity contribution in [3.8, 4) is 0 Å². The Labute approximate surface area is 130 Å². The molecule has 0 aliphatic rings. The van der Waals surface area contributed by atoms with Crippen molar-refractivity contribution in [1.29, 1.82) is 0 Å². The zero-order valence-corrected chi connectivity index (χ0v) is 13.5. The van der Waals surface area contributed by atoms with Gasteiger partial charge in [-0.05, 0) is 24.2 Å². The van der Waals surface area contributed by atoms with E-state index in [2.05, 4.69) is 16.9 Å². The molecule has 0 atom stereocenters. The first-order valence-corrected chi connectivity index (χ1v) is 8.29. The third-order valence-corrected chi connectivity index (χ3v) is 3.94. The van der Waals surface area contributed by atoms with Crippen LogP contribution in [0, 0.1) is 0 Å². The summed E-state index contributed by atoms with van der Waals surface area (Å²) in [6, 6.07) is 10.2. The predicted octanol–water partition coefficient (Wildman–Crippen LogP) is 2.37. The largest absolute Gasteiger partial charge is 0.468 e. The van der Waals surface area contributed by atoms with Gasteiger partial charge in [0.05, 0.1) is 12.9 Å². The molecule has 0 N–H and O–H groups in total. The van der Waals surface area contributed by atoms with Gasteiger partial charge in [-0.15, -0.1) is 0 Å². The van der Waals surface area contributed by atoms with E-state index in [4.69, 9.17) is 0 Å². The summed E-state index contributed by atoms with van der Waals surface area (Å²) in [5.41, 5.74) is 1.28. The molecule has 0 unspecified atom stereocenters. The molecule has 5 heteroatoms. The first kappa shape index (κ1) is 17.6. The van der Waals surface area contributed by atoms with Gasteiger partial charge in [-0.2, -0.15) is 11.8 Å². The topological polar surface area (TPSA) is 46.6 Å². The Morgan fingerprint density at radius 2 is 1.95 bits per heavy atom. The van der Waals surface area contributed by atoms with Crippen LogP contribution < -0.4 is 0 Å². The molecule has 4 nitrogen and oxygen atoms in total. The Bertz CT molecular complexity index is 436. The van der Waals surface area contributed by atoms with Crippen LogP contribution in [0.5, 0.6) is 0 Å². The maximum atomic E-state index is 12.1. The number of carbonyl (C=O) groups excluding carboxylic acids is 2. The maximum Gasteiger partial charge on any atom is 0.325 e. The summed E-state index contributed by atoms with van der Waals surface area (Å²) in [6.07, 6.45) is 1.78. The van der Waals surface area contributed by atoms with Crippen LogP contribution in [0.1, 0.15) is 18.9 Å². The van der Waals surface area contributed by atoms with E-state index in [9.17, 15) is 9.59 Å². The lowest BCUT2D eigenvalue weighted by atomic mass is 10.2. The number of aryl methyl sites for hydroxylation is 1. The zero-order valence-electron chi connectivity index (χ0n) is 12.7. The van der Waals surface area contributed by atoms with Crippen molar-refractivity contribution in [3.63, 3.8) is 0 Å². The van der Waals surface area contributed by atoms with Gasteiger partial charge in [-0.25, -0.2) is 0 Å². The van der Waals surface area contributed by atoms with Crippen LogP contribution in [-0.2, 0) is 20.7 Å². The van der Waals surface area contributed by atoms with Crippen LogP contribution in [0.25, 0.3) is 0 Å². The van der Waals surface area contributed by atoms with Crippen LogP contribution in [0.4, 0.5) is 0 Å². The molecule has 0 fully saturated rings. The summed E-state index contributed by atoms with van der Waals surface area (Å²) < 4.78 is 4.62. The summed E-state index contributed by atoms with van der Waals surface area (Å²) in [6.45, 7) is 2.62. The van der Waals surface area contributed by atoms with Gasteiger partial charge in [-0.1, -0.05) is 37.3 Å². The number of rotatable bonds is 9. The fourth-order valence-electron chi connectivity index (χ4n) is 1.87. The van der Waals surface area contributed by atoms with E-state index >= 15 is 0 Å². The number of carbonyl (C=O) groups is 2. The van der Waals surface area contributed by atoms with Crippen molar-refractivity contribution in [1.82, 2.24) is 4.90 Å². The van der Waals surface area contributed by atoms with E-state index in [1.165, 1.54) is 12.7 Å². The number of nitrogens with zero attached hydrogens (tertiary/aromatic N) is 1. The minimum Gasteiger partial charge on any atom is -0.468 e. The lowest BCUT2D eigenvalue weighted by Crippen LogP contribution is -2.38. The van der Waals surface area contributed by atoms with E-state index in [0.717, 1.165) is 18.6 Å². The molecule has 0 spiro atoms. The summed E-state index contributed by atoms with van der Waals surface area (Å²) >= 11 is 1.60. The quantitative estimate of drug-likeness (QED) is 0.519. The molecule has 0 heterocycles. The SMILES string of the molecule is CCCN(CC(=O)OC)C(=O)CSCCc1ccccc1. The van der Waals surface area contributed by atoms with Crippen molar-refractivity contribution < 1.29 is 14.3 Å². The Hall–Kier alpha value is -1.49. The number of ether oxygens (including phenoxy) is 1. The highest BCUT2D eigenvalue weighted by atomic mass is 32.2. The van der Waals surface area contributed by atoms with Gasteiger partial charge < -0.3 is 9.64 Å². The molecule has 0 bridgehead atoms. The van der Waals surface area contributed by atoms with E-state index in [0.29, 0.717) is 12.3 Å². The van der Waals surface area contributed by atoms with Crippen molar-refractivity contribution in [2.75, 3.05) is 31.7 Å². The average Bonchev–Trinajstić information content (AvgIpc) is 2.51. The number of benzene rings is 1. The Kier molecular flexibility index (Phi) is 8.59. The van der Waals surface area contributed by atoms with Crippen LogP contribution in [-0.4, -0.2) is 48.5 Å². The number of thioether (sulfide) groups is 1. The minimum atomic E-state index is -0.369. The minimum absolute atomic E-state index is 0.000289. The van der Waals surface area contributed by atoms with Gasteiger partial charge in [0.2, 0.25) is 5.91 Å². The number of hydrogen-bond donors (Lipinski definition) is 0. The summed E-state index contributed by atoms with van der Waals surface area (Å²) in [4.78, 5) is 25.0. The Balaban J connectivity index is 2.31. The molecule has 0 aliphatic heterocycles. The summed E-state index contributed by atoms with van der Waals surface area (Å²) in [5.74, 6) is 0.934. The molecule has 0 aliphatic carbocycles. The molecule has 0 aromatic heterocycles. The predicted molar refractivity (Wildman–Crippen MR) is 86.4 cm³/mol. The summed E-state index contributed by atoms with van der Waals surface area (Å²) in [7, 11) is 1.34. The van der Waals surface area contributed by atoms with Crippen molar-refractivity contribution in [3.05, 3.63) is 35.9 Å². The van der Waals surface area contributed by atoms with Crippen LogP contribution in [0.15, 0.2) is 30.3 Å². The fourth-order valence-corrected chi connectivity index (χ4v) is 2.75. The van der Waals surface area contributed by atoms with Crippen molar-refractivity contribution in [2.45, 2.75) is 19.8 Å². The molecule has 1 aromatic carbocycles. The van der Waals surface area contributed by atoms with Crippen LogP contribution in [0.2, 0.25) is 0 Å². The van der Waals surface area contributed by atoms with E-state index < -0.39 is 0 Å². The highest BCUT2D eigenvalue weighted by Gasteiger charge is 2.16. The number of esters is 1. The Morgan fingerprint density at radius 1 is 1.24 bits per heavy atom. The monoisotopic (exact) mass is 309 g/mol. The second kappa shape index (κ2) is 10.3. The van der Waals surface area contributed by atoms with Crippen LogP contribution >= 0.6 is 11.8 Å². The Morgan fingerprint density at radius 3 is 2.57 bits per heavy atom. The van der Waals surface area contributed by atoms with E-state index in [-0.39, 0.29) is 18.4 Å². The third-order valence-electron chi connectivity index (χ3n) is 3.00. The van der Waals surface area contributed by atoms with Gasteiger partial charge in [0.1, 0.15) is 6.54 Å². The standard InChI is InChI=1S/C16H23NO3S/c1-3-10-17(12-16(19)20-2)15(18)13-21-11-9-14-7-5-4-6-8-14/h4-8H,3,9-13H2,1-2H3. The first-order valence-electron chi connectivity index (χ1n) is 7.13. The molecule has 0 saturated carbocycles. The van der Waals surface area contributed by atoms with E-state index in [1.807, 2.05) is 25.1 Å². The smallest absolute Gasteiger partial charge is 0.325 e. The lowest BCUT2D eigenvalue weighted by Gasteiger charge is -2.20. The highest BCUT2D eigenvalue weighted by Crippen LogP contribution is 2.08.